The summed E-state index contributed by atoms with van der Waals surface area (Å²) in [5.41, 5.74) is 3.50. The number of carbonyl (C=O) groups is 1. The van der Waals surface area contributed by atoms with Gasteiger partial charge in [0, 0.05) is 42.3 Å². The van der Waals surface area contributed by atoms with Gasteiger partial charge in [0.1, 0.15) is 0 Å². The number of carbonyl (C=O) groups excluding carboxylic acids is 1. The zero-order chi connectivity index (χ0) is 25.8. The number of aromatic amines is 1. The predicted octanol–water partition coefficient (Wildman–Crippen LogP) is 6.36. The smallest absolute Gasteiger partial charge is 0.246 e. The molecule has 1 aromatic heterocycles. The minimum absolute atomic E-state index is 0.0302. The number of amides is 1. The molecular formula is C30H35Cl2N3O2. The Morgan fingerprint density at radius 1 is 1.03 bits per heavy atom. The molecule has 7 heteroatoms. The van der Waals surface area contributed by atoms with Crippen LogP contribution in [0.1, 0.15) is 49.1 Å². The fourth-order valence-electron chi connectivity index (χ4n) is 6.01. The van der Waals surface area contributed by atoms with Gasteiger partial charge < -0.3 is 15.0 Å². The highest BCUT2D eigenvalue weighted by Crippen LogP contribution is 2.34. The molecule has 5 nitrogen and oxygen atoms in total. The van der Waals surface area contributed by atoms with Gasteiger partial charge in [0.2, 0.25) is 5.91 Å². The lowest BCUT2D eigenvalue weighted by molar-refractivity contribution is -0.127. The number of nitrogens with zero attached hydrogens (tertiary/aromatic N) is 2. The summed E-state index contributed by atoms with van der Waals surface area (Å²) in [5.74, 6) is 1.13. The molecule has 3 heterocycles. The third-order valence-corrected chi connectivity index (χ3v) is 8.95. The van der Waals surface area contributed by atoms with Crippen molar-refractivity contribution in [2.75, 3.05) is 32.8 Å². The summed E-state index contributed by atoms with van der Waals surface area (Å²) in [6.45, 7) is 3.76. The summed E-state index contributed by atoms with van der Waals surface area (Å²) >= 11 is 12.0. The predicted molar refractivity (Wildman–Crippen MR) is 152 cm³/mol. The molecule has 5 rings (SSSR count). The van der Waals surface area contributed by atoms with Crippen LogP contribution >= 0.6 is 23.2 Å². The SMILES string of the molecule is O=C(/C=C/c1ccc(Cl)c(Cl)c1)N1CCC(CC(CO)N2CCC(c3c[nH]c4ccccc34)CC2)CC1. The summed E-state index contributed by atoms with van der Waals surface area (Å²) in [6.07, 6.45) is 10.8. The number of nitrogens with one attached hydrogen (secondary N) is 1. The van der Waals surface area contributed by atoms with Crippen molar-refractivity contribution in [1.29, 1.82) is 0 Å². The Balaban J connectivity index is 1.09. The lowest BCUT2D eigenvalue weighted by atomic mass is 9.86. The van der Waals surface area contributed by atoms with Crippen LogP contribution in [-0.2, 0) is 4.79 Å². The largest absolute Gasteiger partial charge is 0.395 e. The van der Waals surface area contributed by atoms with Crippen LogP contribution in [0, 0.1) is 5.92 Å². The first-order chi connectivity index (χ1) is 18.0. The molecule has 2 aliphatic heterocycles. The standard InChI is InChI=1S/C30H35Cl2N3O2/c31-27-7-5-21(18-28(27)32)6-8-30(37)35-13-9-22(10-14-35)17-24(20-36)34-15-11-23(12-16-34)26-19-33-29-4-2-1-3-25(26)29/h1-8,18-19,22-24,33,36H,9-17,20H2/b8-6+. The molecule has 2 saturated heterocycles. The molecular weight excluding hydrogens is 505 g/mol. The van der Waals surface area contributed by atoms with Crippen LogP contribution in [0.15, 0.2) is 54.7 Å². The van der Waals surface area contributed by atoms with E-state index in [9.17, 15) is 9.90 Å². The van der Waals surface area contributed by atoms with Gasteiger partial charge in [-0.3, -0.25) is 9.69 Å². The highest BCUT2D eigenvalue weighted by molar-refractivity contribution is 6.42. The lowest BCUT2D eigenvalue weighted by Gasteiger charge is -2.39. The van der Waals surface area contributed by atoms with Gasteiger partial charge in [-0.15, -0.1) is 0 Å². The van der Waals surface area contributed by atoms with E-state index >= 15 is 0 Å². The summed E-state index contributed by atoms with van der Waals surface area (Å²) in [7, 11) is 0. The van der Waals surface area contributed by atoms with Gasteiger partial charge in [-0.2, -0.15) is 0 Å². The van der Waals surface area contributed by atoms with Gasteiger partial charge >= 0.3 is 0 Å². The minimum Gasteiger partial charge on any atom is -0.395 e. The first kappa shape index (κ1) is 26.3. The molecule has 1 unspecified atom stereocenters. The van der Waals surface area contributed by atoms with Gasteiger partial charge in [0.15, 0.2) is 0 Å². The average Bonchev–Trinajstić information content (AvgIpc) is 3.37. The second-order valence-electron chi connectivity index (χ2n) is 10.4. The van der Waals surface area contributed by atoms with Gasteiger partial charge in [-0.05, 0) is 92.4 Å². The van der Waals surface area contributed by atoms with Crippen molar-refractivity contribution < 1.29 is 9.90 Å². The molecule has 2 N–H and O–H groups in total. The number of aliphatic hydroxyl groups is 1. The van der Waals surface area contributed by atoms with Crippen LogP contribution in [0.2, 0.25) is 10.0 Å². The zero-order valence-corrected chi connectivity index (χ0v) is 22.6. The fourth-order valence-corrected chi connectivity index (χ4v) is 6.32. The van der Waals surface area contributed by atoms with E-state index in [1.165, 1.54) is 16.5 Å². The number of hydrogen-bond donors (Lipinski definition) is 2. The number of benzene rings is 2. The number of hydrogen-bond acceptors (Lipinski definition) is 3. The van der Waals surface area contributed by atoms with Crippen LogP contribution in [0.3, 0.4) is 0 Å². The van der Waals surface area contributed by atoms with Crippen molar-refractivity contribution in [3.63, 3.8) is 0 Å². The maximum atomic E-state index is 12.7. The highest BCUT2D eigenvalue weighted by Gasteiger charge is 2.30. The summed E-state index contributed by atoms with van der Waals surface area (Å²) < 4.78 is 0. The quantitative estimate of drug-likeness (QED) is 0.343. The first-order valence-corrected chi connectivity index (χ1v) is 14.1. The summed E-state index contributed by atoms with van der Waals surface area (Å²) in [4.78, 5) is 20.5. The fraction of sp³-hybridized carbons (Fsp3) is 0.433. The van der Waals surface area contributed by atoms with Crippen molar-refractivity contribution >= 4 is 46.1 Å². The monoisotopic (exact) mass is 539 g/mol. The Morgan fingerprint density at radius 2 is 1.78 bits per heavy atom. The van der Waals surface area contributed by atoms with Crippen LogP contribution in [0.25, 0.3) is 17.0 Å². The van der Waals surface area contributed by atoms with Crippen LogP contribution < -0.4 is 0 Å². The number of fused-ring (bicyclic) bond motifs is 1. The molecule has 2 aromatic carbocycles. The molecule has 196 valence electrons. The molecule has 0 bridgehead atoms. The van der Waals surface area contributed by atoms with E-state index in [1.807, 2.05) is 11.0 Å². The zero-order valence-electron chi connectivity index (χ0n) is 21.1. The molecule has 1 atom stereocenters. The molecule has 3 aromatic rings. The van der Waals surface area contributed by atoms with Crippen LogP contribution in [0.4, 0.5) is 0 Å². The van der Waals surface area contributed by atoms with Crippen LogP contribution in [-0.4, -0.2) is 64.6 Å². The Kier molecular flexibility index (Phi) is 8.56. The second kappa shape index (κ2) is 12.0. The number of piperidine rings is 2. The molecule has 0 saturated carbocycles. The molecule has 1 amide bonds. The van der Waals surface area contributed by atoms with E-state index in [2.05, 4.69) is 40.3 Å². The van der Waals surface area contributed by atoms with Crippen molar-refractivity contribution in [2.24, 2.45) is 5.92 Å². The Labute approximate surface area is 229 Å². The number of aliphatic hydroxyl groups excluding tert-OH is 1. The third kappa shape index (κ3) is 6.23. The number of rotatable bonds is 7. The molecule has 0 aliphatic carbocycles. The highest BCUT2D eigenvalue weighted by atomic mass is 35.5. The lowest BCUT2D eigenvalue weighted by Crippen LogP contribution is -2.45. The second-order valence-corrected chi connectivity index (χ2v) is 11.3. The first-order valence-electron chi connectivity index (χ1n) is 13.3. The molecule has 37 heavy (non-hydrogen) atoms. The van der Waals surface area contributed by atoms with E-state index in [-0.39, 0.29) is 18.6 Å². The van der Waals surface area contributed by atoms with E-state index in [0.717, 1.165) is 63.8 Å². The van der Waals surface area contributed by atoms with Crippen LogP contribution in [0.5, 0.6) is 0 Å². The van der Waals surface area contributed by atoms with Gasteiger partial charge in [0.05, 0.1) is 16.7 Å². The van der Waals surface area contributed by atoms with Crippen molar-refractivity contribution in [1.82, 2.24) is 14.8 Å². The van der Waals surface area contributed by atoms with Gasteiger partial charge in [-0.1, -0.05) is 47.5 Å². The maximum absolute atomic E-state index is 12.7. The molecule has 2 aliphatic rings. The summed E-state index contributed by atoms with van der Waals surface area (Å²) in [5, 5.41) is 12.5. The van der Waals surface area contributed by atoms with E-state index in [1.54, 1.807) is 24.3 Å². The number of H-pyrrole nitrogens is 1. The summed E-state index contributed by atoms with van der Waals surface area (Å²) in [6, 6.07) is 14.1. The number of likely N-dealkylation sites (tertiary alicyclic amines) is 2. The maximum Gasteiger partial charge on any atom is 0.246 e. The van der Waals surface area contributed by atoms with Crippen molar-refractivity contribution in [3.05, 3.63) is 75.9 Å². The average molecular weight is 541 g/mol. The van der Waals surface area contributed by atoms with E-state index in [0.29, 0.717) is 21.9 Å². The van der Waals surface area contributed by atoms with E-state index < -0.39 is 0 Å². The third-order valence-electron chi connectivity index (χ3n) is 8.21. The number of para-hydroxylation sites is 1. The van der Waals surface area contributed by atoms with Gasteiger partial charge in [0.25, 0.3) is 0 Å². The molecule has 2 fully saturated rings. The Hall–Kier alpha value is -2.31. The molecule has 0 radical (unpaired) electrons. The minimum atomic E-state index is 0.0302. The number of halogens is 2. The molecule has 0 spiro atoms. The van der Waals surface area contributed by atoms with E-state index in [4.69, 9.17) is 23.2 Å². The Morgan fingerprint density at radius 3 is 2.51 bits per heavy atom. The Bertz CT molecular complexity index is 1240. The number of aromatic nitrogens is 1. The topological polar surface area (TPSA) is 59.6 Å². The van der Waals surface area contributed by atoms with Crippen molar-refractivity contribution in [3.8, 4) is 0 Å². The van der Waals surface area contributed by atoms with Gasteiger partial charge in [-0.25, -0.2) is 0 Å². The normalized spacial score (nSPS) is 19.2. The van der Waals surface area contributed by atoms with Crippen molar-refractivity contribution in [2.45, 2.75) is 44.1 Å².